The van der Waals surface area contributed by atoms with Crippen molar-refractivity contribution in [3.8, 4) is 0 Å². The van der Waals surface area contributed by atoms with Crippen molar-refractivity contribution >= 4 is 0 Å². The third kappa shape index (κ3) is 3.12. The van der Waals surface area contributed by atoms with Crippen molar-refractivity contribution in [2.75, 3.05) is 20.2 Å². The van der Waals surface area contributed by atoms with Crippen LogP contribution in [0.4, 0.5) is 0 Å². The van der Waals surface area contributed by atoms with Gasteiger partial charge in [-0.25, -0.2) is 0 Å². The Bertz CT molecular complexity index is 382. The van der Waals surface area contributed by atoms with Gasteiger partial charge in [0.15, 0.2) is 0 Å². The van der Waals surface area contributed by atoms with Crippen molar-refractivity contribution in [3.63, 3.8) is 0 Å². The maximum Gasteiger partial charge on any atom is 0.0499 e. The summed E-state index contributed by atoms with van der Waals surface area (Å²) in [6.07, 6.45) is 4.92. The van der Waals surface area contributed by atoms with Crippen molar-refractivity contribution < 1.29 is 5.11 Å². The van der Waals surface area contributed by atoms with Crippen LogP contribution >= 0.6 is 0 Å². The summed E-state index contributed by atoms with van der Waals surface area (Å²) in [6, 6.07) is 8.56. The standard InChI is InChI=1S/C16H25NO/c1-14-7-3-4-8-15(14)11-17(2)12-16(13-18)9-5-6-10-16/h3-4,7-8,18H,5-6,9-13H2,1-2H3. The number of benzene rings is 1. The van der Waals surface area contributed by atoms with Gasteiger partial charge in [-0.2, -0.15) is 0 Å². The monoisotopic (exact) mass is 247 g/mol. The van der Waals surface area contributed by atoms with Crippen molar-refractivity contribution in [1.29, 1.82) is 0 Å². The first-order chi connectivity index (χ1) is 8.65. The molecule has 0 heterocycles. The predicted octanol–water partition coefficient (Wildman–Crippen LogP) is 2.98. The molecule has 1 aliphatic rings. The molecule has 2 rings (SSSR count). The molecular weight excluding hydrogens is 222 g/mol. The third-order valence-corrected chi connectivity index (χ3v) is 4.31. The van der Waals surface area contributed by atoms with Crippen LogP contribution in [0.2, 0.25) is 0 Å². The summed E-state index contributed by atoms with van der Waals surface area (Å²) in [5, 5.41) is 9.66. The van der Waals surface area contributed by atoms with Gasteiger partial charge in [0.1, 0.15) is 0 Å². The number of aliphatic hydroxyl groups excluding tert-OH is 1. The third-order valence-electron chi connectivity index (χ3n) is 4.31. The minimum atomic E-state index is 0.164. The van der Waals surface area contributed by atoms with Crippen LogP contribution in [0.15, 0.2) is 24.3 Å². The van der Waals surface area contributed by atoms with E-state index in [1.54, 1.807) is 0 Å². The molecule has 2 heteroatoms. The second-order valence-electron chi connectivity index (χ2n) is 5.96. The molecule has 0 bridgehead atoms. The highest BCUT2D eigenvalue weighted by Gasteiger charge is 2.34. The minimum Gasteiger partial charge on any atom is -0.396 e. The highest BCUT2D eigenvalue weighted by molar-refractivity contribution is 5.25. The first kappa shape index (κ1) is 13.6. The molecule has 0 unspecified atom stereocenters. The van der Waals surface area contributed by atoms with Crippen LogP contribution < -0.4 is 0 Å². The molecule has 0 amide bonds. The van der Waals surface area contributed by atoms with Gasteiger partial charge in [0.25, 0.3) is 0 Å². The topological polar surface area (TPSA) is 23.5 Å². The maximum absolute atomic E-state index is 9.66. The molecule has 0 aromatic heterocycles. The molecule has 1 N–H and O–H groups in total. The van der Waals surface area contributed by atoms with E-state index in [0.717, 1.165) is 13.1 Å². The quantitative estimate of drug-likeness (QED) is 0.864. The average Bonchev–Trinajstić information content (AvgIpc) is 2.81. The Morgan fingerprint density at radius 3 is 2.50 bits per heavy atom. The van der Waals surface area contributed by atoms with Gasteiger partial charge in [0.2, 0.25) is 0 Å². The predicted molar refractivity (Wildman–Crippen MR) is 75.5 cm³/mol. The Labute approximate surface area is 111 Å². The van der Waals surface area contributed by atoms with Crippen LogP contribution in [0, 0.1) is 12.3 Å². The summed E-state index contributed by atoms with van der Waals surface area (Å²) >= 11 is 0. The average molecular weight is 247 g/mol. The Balaban J connectivity index is 1.96. The molecule has 1 saturated carbocycles. The SMILES string of the molecule is Cc1ccccc1CN(C)CC1(CO)CCCC1. The first-order valence-corrected chi connectivity index (χ1v) is 6.99. The smallest absolute Gasteiger partial charge is 0.0499 e. The lowest BCUT2D eigenvalue weighted by atomic mass is 9.86. The van der Waals surface area contributed by atoms with E-state index in [2.05, 4.69) is 43.1 Å². The second-order valence-corrected chi connectivity index (χ2v) is 5.96. The second kappa shape index (κ2) is 5.85. The summed E-state index contributed by atoms with van der Waals surface area (Å²) in [5.41, 5.74) is 2.91. The molecule has 0 aliphatic heterocycles. The zero-order valence-electron chi connectivity index (χ0n) is 11.7. The van der Waals surface area contributed by atoms with Gasteiger partial charge in [-0.3, -0.25) is 0 Å². The van der Waals surface area contributed by atoms with Gasteiger partial charge < -0.3 is 10.0 Å². The van der Waals surface area contributed by atoms with Gasteiger partial charge in [-0.1, -0.05) is 37.1 Å². The van der Waals surface area contributed by atoms with Crippen LogP contribution in [-0.4, -0.2) is 30.2 Å². The lowest BCUT2D eigenvalue weighted by Crippen LogP contribution is -2.36. The van der Waals surface area contributed by atoms with Crippen LogP contribution in [0.5, 0.6) is 0 Å². The summed E-state index contributed by atoms with van der Waals surface area (Å²) in [7, 11) is 2.17. The lowest BCUT2D eigenvalue weighted by molar-refractivity contribution is 0.0863. The summed E-state index contributed by atoms with van der Waals surface area (Å²) in [4.78, 5) is 2.36. The van der Waals surface area contributed by atoms with Crippen molar-refractivity contribution in [2.24, 2.45) is 5.41 Å². The summed E-state index contributed by atoms with van der Waals surface area (Å²) in [6.45, 7) is 4.50. The number of hydrogen-bond donors (Lipinski definition) is 1. The van der Waals surface area contributed by atoms with Crippen LogP contribution in [0.3, 0.4) is 0 Å². The number of aryl methyl sites for hydroxylation is 1. The fourth-order valence-corrected chi connectivity index (χ4v) is 3.20. The lowest BCUT2D eigenvalue weighted by Gasteiger charge is -2.32. The Kier molecular flexibility index (Phi) is 4.41. The molecule has 1 fully saturated rings. The molecule has 100 valence electrons. The van der Waals surface area contributed by atoms with Crippen molar-refractivity contribution in [1.82, 2.24) is 4.90 Å². The number of hydrogen-bond acceptors (Lipinski definition) is 2. The van der Waals surface area contributed by atoms with Gasteiger partial charge in [-0.15, -0.1) is 0 Å². The van der Waals surface area contributed by atoms with Crippen molar-refractivity contribution in [3.05, 3.63) is 35.4 Å². The van der Waals surface area contributed by atoms with Crippen LogP contribution in [-0.2, 0) is 6.54 Å². The van der Waals surface area contributed by atoms with E-state index in [4.69, 9.17) is 0 Å². The Morgan fingerprint density at radius 1 is 1.22 bits per heavy atom. The molecule has 0 atom stereocenters. The van der Waals surface area contributed by atoms with Gasteiger partial charge in [-0.05, 0) is 37.9 Å². The molecule has 18 heavy (non-hydrogen) atoms. The van der Waals surface area contributed by atoms with E-state index < -0.39 is 0 Å². The van der Waals surface area contributed by atoms with Gasteiger partial charge in [0.05, 0.1) is 0 Å². The van der Waals surface area contributed by atoms with E-state index in [0.29, 0.717) is 6.61 Å². The highest BCUT2D eigenvalue weighted by atomic mass is 16.3. The number of aliphatic hydroxyl groups is 1. The first-order valence-electron chi connectivity index (χ1n) is 6.99. The molecule has 2 nitrogen and oxygen atoms in total. The van der Waals surface area contributed by atoms with Gasteiger partial charge >= 0.3 is 0 Å². The molecule has 1 aromatic rings. The van der Waals surface area contributed by atoms with E-state index >= 15 is 0 Å². The highest BCUT2D eigenvalue weighted by Crippen LogP contribution is 2.38. The van der Waals surface area contributed by atoms with Gasteiger partial charge in [0, 0.05) is 25.1 Å². The van der Waals surface area contributed by atoms with Crippen LogP contribution in [0.1, 0.15) is 36.8 Å². The molecular formula is C16H25NO. The normalized spacial score (nSPS) is 18.4. The number of rotatable bonds is 5. The molecule has 0 spiro atoms. The summed E-state index contributed by atoms with van der Waals surface area (Å²) < 4.78 is 0. The fraction of sp³-hybridized carbons (Fsp3) is 0.625. The summed E-state index contributed by atoms with van der Waals surface area (Å²) in [5.74, 6) is 0. The van der Waals surface area contributed by atoms with Crippen molar-refractivity contribution in [2.45, 2.75) is 39.2 Å². The largest absolute Gasteiger partial charge is 0.396 e. The zero-order valence-corrected chi connectivity index (χ0v) is 11.7. The number of nitrogens with zero attached hydrogens (tertiary/aromatic N) is 1. The molecule has 1 aromatic carbocycles. The van der Waals surface area contributed by atoms with E-state index in [-0.39, 0.29) is 5.41 Å². The molecule has 0 radical (unpaired) electrons. The maximum atomic E-state index is 9.66. The minimum absolute atomic E-state index is 0.164. The van der Waals surface area contributed by atoms with E-state index in [1.807, 2.05) is 0 Å². The Hall–Kier alpha value is -0.860. The molecule has 0 saturated heterocycles. The van der Waals surface area contributed by atoms with E-state index in [9.17, 15) is 5.11 Å². The Morgan fingerprint density at radius 2 is 1.89 bits per heavy atom. The fourth-order valence-electron chi connectivity index (χ4n) is 3.20. The van der Waals surface area contributed by atoms with E-state index in [1.165, 1.54) is 36.8 Å². The zero-order chi connectivity index (χ0) is 13.0. The molecule has 1 aliphatic carbocycles. The van der Waals surface area contributed by atoms with Crippen LogP contribution in [0.25, 0.3) is 0 Å².